The lowest BCUT2D eigenvalue weighted by molar-refractivity contribution is 0.0731. The van der Waals surface area contributed by atoms with Crippen LogP contribution in [0.4, 0.5) is 4.39 Å². The van der Waals surface area contributed by atoms with Gasteiger partial charge in [-0.1, -0.05) is 0 Å². The van der Waals surface area contributed by atoms with Crippen molar-refractivity contribution in [2.24, 2.45) is 0 Å². The fourth-order valence-electron chi connectivity index (χ4n) is 1.92. The van der Waals surface area contributed by atoms with Crippen LogP contribution >= 0.6 is 12.2 Å². The summed E-state index contributed by atoms with van der Waals surface area (Å²) in [6, 6.07) is 3.04. The van der Waals surface area contributed by atoms with Crippen molar-refractivity contribution in [2.45, 2.75) is 26.5 Å². The number of hydrogen-bond donors (Lipinski definition) is 1. The van der Waals surface area contributed by atoms with Crippen LogP contribution in [-0.2, 0) is 11.3 Å². The molecule has 1 heterocycles. The Morgan fingerprint density at radius 3 is 2.79 bits per heavy atom. The van der Waals surface area contributed by atoms with Gasteiger partial charge in [-0.25, -0.2) is 4.39 Å². The molecule has 0 atom stereocenters. The van der Waals surface area contributed by atoms with E-state index in [4.69, 9.17) is 21.7 Å². The maximum atomic E-state index is 13.6. The lowest BCUT2D eigenvalue weighted by Gasteiger charge is -2.09. The second-order valence-corrected chi connectivity index (χ2v) is 4.89. The minimum atomic E-state index is -0.406. The van der Waals surface area contributed by atoms with Crippen molar-refractivity contribution >= 4 is 23.3 Å². The van der Waals surface area contributed by atoms with E-state index in [2.05, 4.69) is 4.98 Å². The minimum Gasteiger partial charge on any atom is -0.494 e. The molecular weight excluding hydrogens is 267 g/mol. The van der Waals surface area contributed by atoms with E-state index in [9.17, 15) is 4.39 Å². The number of imidazole rings is 1. The van der Waals surface area contributed by atoms with E-state index in [-0.39, 0.29) is 11.9 Å². The smallest absolute Gasteiger partial charge is 0.178 e. The molecular formula is C13H17FN2O2S. The van der Waals surface area contributed by atoms with E-state index in [1.165, 1.54) is 13.2 Å². The third-order valence-corrected chi connectivity index (χ3v) is 3.14. The monoisotopic (exact) mass is 284 g/mol. The number of aromatic nitrogens is 2. The van der Waals surface area contributed by atoms with Crippen LogP contribution in [-0.4, -0.2) is 29.4 Å². The SMILES string of the molecule is COc1cc2c(cc1F)[nH]c(=S)n2CCOC(C)C. The third kappa shape index (κ3) is 2.96. The number of nitrogens with zero attached hydrogens (tertiary/aromatic N) is 1. The van der Waals surface area contributed by atoms with Crippen molar-refractivity contribution in [3.8, 4) is 5.75 Å². The second-order valence-electron chi connectivity index (χ2n) is 4.51. The summed E-state index contributed by atoms with van der Waals surface area (Å²) in [6.07, 6.45) is 0.173. The molecule has 0 aliphatic heterocycles. The standard InChI is InChI=1S/C13H17FN2O2S/c1-8(2)18-5-4-16-11-7-12(17-3)9(14)6-10(11)15-13(16)19/h6-8H,4-5H2,1-3H3,(H,15,19). The normalized spacial score (nSPS) is 11.4. The largest absolute Gasteiger partial charge is 0.494 e. The number of H-pyrrole nitrogens is 1. The van der Waals surface area contributed by atoms with Crippen molar-refractivity contribution in [2.75, 3.05) is 13.7 Å². The number of hydrogen-bond acceptors (Lipinski definition) is 3. The average molecular weight is 284 g/mol. The number of nitrogens with one attached hydrogen (secondary N) is 1. The summed E-state index contributed by atoms with van der Waals surface area (Å²) in [5.74, 6) is -0.197. The van der Waals surface area contributed by atoms with Gasteiger partial charge in [0.05, 0.1) is 30.9 Å². The second kappa shape index (κ2) is 5.71. The highest BCUT2D eigenvalue weighted by Crippen LogP contribution is 2.24. The number of methoxy groups -OCH3 is 1. The van der Waals surface area contributed by atoms with Crippen LogP contribution in [0.1, 0.15) is 13.8 Å². The van der Waals surface area contributed by atoms with Crippen LogP contribution in [0.2, 0.25) is 0 Å². The molecule has 0 spiro atoms. The van der Waals surface area contributed by atoms with Crippen molar-refractivity contribution < 1.29 is 13.9 Å². The molecule has 0 aliphatic rings. The van der Waals surface area contributed by atoms with Gasteiger partial charge < -0.3 is 19.0 Å². The van der Waals surface area contributed by atoms with Crippen LogP contribution in [0.25, 0.3) is 11.0 Å². The quantitative estimate of drug-likeness (QED) is 0.856. The van der Waals surface area contributed by atoms with E-state index in [1.807, 2.05) is 18.4 Å². The Labute approximate surface area is 116 Å². The van der Waals surface area contributed by atoms with E-state index in [1.54, 1.807) is 6.07 Å². The third-order valence-electron chi connectivity index (χ3n) is 2.81. The summed E-state index contributed by atoms with van der Waals surface area (Å²) < 4.78 is 26.5. The molecule has 0 aliphatic carbocycles. The van der Waals surface area contributed by atoms with Gasteiger partial charge in [-0.05, 0) is 26.1 Å². The lowest BCUT2D eigenvalue weighted by atomic mass is 10.3. The molecule has 0 bridgehead atoms. The summed E-state index contributed by atoms with van der Waals surface area (Å²) in [5, 5.41) is 0. The molecule has 6 heteroatoms. The molecule has 0 fully saturated rings. The lowest BCUT2D eigenvalue weighted by Crippen LogP contribution is -2.10. The number of rotatable bonds is 5. The first-order chi connectivity index (χ1) is 9.02. The predicted octanol–water partition coefficient (Wildman–Crippen LogP) is 3.27. The molecule has 19 heavy (non-hydrogen) atoms. The van der Waals surface area contributed by atoms with Gasteiger partial charge >= 0.3 is 0 Å². The Morgan fingerprint density at radius 2 is 2.16 bits per heavy atom. The van der Waals surface area contributed by atoms with E-state index in [0.717, 1.165) is 5.52 Å². The number of fused-ring (bicyclic) bond motifs is 1. The summed E-state index contributed by atoms with van der Waals surface area (Å²) in [6.45, 7) is 5.13. The first-order valence-electron chi connectivity index (χ1n) is 6.10. The summed E-state index contributed by atoms with van der Waals surface area (Å²) >= 11 is 5.24. The molecule has 0 saturated heterocycles. The van der Waals surface area contributed by atoms with Crippen LogP contribution in [0.5, 0.6) is 5.75 Å². The molecule has 0 unspecified atom stereocenters. The Kier molecular flexibility index (Phi) is 4.21. The number of ether oxygens (including phenoxy) is 2. The van der Waals surface area contributed by atoms with Gasteiger partial charge in [-0.2, -0.15) is 0 Å². The molecule has 1 N–H and O–H groups in total. The van der Waals surface area contributed by atoms with Gasteiger partial charge in [0.2, 0.25) is 0 Å². The van der Waals surface area contributed by atoms with E-state index < -0.39 is 5.82 Å². The first-order valence-corrected chi connectivity index (χ1v) is 6.51. The van der Waals surface area contributed by atoms with Crippen molar-refractivity contribution in [1.82, 2.24) is 9.55 Å². The van der Waals surface area contributed by atoms with Gasteiger partial charge in [0.25, 0.3) is 0 Å². The number of aromatic amines is 1. The van der Waals surface area contributed by atoms with Gasteiger partial charge in [0.1, 0.15) is 0 Å². The Balaban J connectivity index is 2.37. The van der Waals surface area contributed by atoms with Gasteiger partial charge in [-0.15, -0.1) is 0 Å². The highest BCUT2D eigenvalue weighted by atomic mass is 32.1. The molecule has 104 valence electrons. The number of halogens is 1. The summed E-state index contributed by atoms with van der Waals surface area (Å²) in [7, 11) is 1.44. The zero-order chi connectivity index (χ0) is 14.0. The molecule has 0 radical (unpaired) electrons. The molecule has 1 aromatic carbocycles. The fraction of sp³-hybridized carbons (Fsp3) is 0.462. The van der Waals surface area contributed by atoms with Gasteiger partial charge in [0.15, 0.2) is 16.3 Å². The molecule has 1 aromatic heterocycles. The maximum absolute atomic E-state index is 13.6. The van der Waals surface area contributed by atoms with Crippen LogP contribution in [0.15, 0.2) is 12.1 Å². The Morgan fingerprint density at radius 1 is 1.42 bits per heavy atom. The number of benzene rings is 1. The van der Waals surface area contributed by atoms with Gasteiger partial charge in [0, 0.05) is 18.7 Å². The molecule has 2 rings (SSSR count). The maximum Gasteiger partial charge on any atom is 0.178 e. The topological polar surface area (TPSA) is 39.2 Å². The van der Waals surface area contributed by atoms with Crippen molar-refractivity contribution in [1.29, 1.82) is 0 Å². The molecule has 2 aromatic rings. The van der Waals surface area contributed by atoms with Crippen molar-refractivity contribution in [3.63, 3.8) is 0 Å². The van der Waals surface area contributed by atoms with E-state index in [0.29, 0.717) is 23.4 Å². The zero-order valence-corrected chi connectivity index (χ0v) is 12.0. The molecule has 0 saturated carbocycles. The van der Waals surface area contributed by atoms with Crippen molar-refractivity contribution in [3.05, 3.63) is 22.7 Å². The zero-order valence-electron chi connectivity index (χ0n) is 11.2. The predicted molar refractivity (Wildman–Crippen MR) is 74.7 cm³/mol. The average Bonchev–Trinajstić information content (AvgIpc) is 2.63. The summed E-state index contributed by atoms with van der Waals surface area (Å²) in [5.41, 5.74) is 1.48. The Bertz CT molecular complexity index is 633. The highest BCUT2D eigenvalue weighted by Gasteiger charge is 2.10. The minimum absolute atomic E-state index is 0.173. The highest BCUT2D eigenvalue weighted by molar-refractivity contribution is 7.71. The van der Waals surface area contributed by atoms with Crippen LogP contribution < -0.4 is 4.74 Å². The molecule has 0 amide bonds. The van der Waals surface area contributed by atoms with E-state index >= 15 is 0 Å². The first kappa shape index (κ1) is 14.0. The fourth-order valence-corrected chi connectivity index (χ4v) is 2.22. The molecule has 4 nitrogen and oxygen atoms in total. The van der Waals surface area contributed by atoms with Gasteiger partial charge in [-0.3, -0.25) is 0 Å². The summed E-state index contributed by atoms with van der Waals surface area (Å²) in [4.78, 5) is 2.98. The Hall–Kier alpha value is -1.40. The van der Waals surface area contributed by atoms with Crippen LogP contribution in [0, 0.1) is 10.6 Å². The van der Waals surface area contributed by atoms with Crippen LogP contribution in [0.3, 0.4) is 0 Å².